The van der Waals surface area contributed by atoms with Gasteiger partial charge in [0.25, 0.3) is 0 Å². The molecule has 2 aliphatic heterocycles. The number of likely N-dealkylation sites (tertiary alicyclic amines) is 1. The Morgan fingerprint density at radius 1 is 1.50 bits per heavy atom. The lowest BCUT2D eigenvalue weighted by atomic mass is 10.00. The number of carbonyl (C=O) groups is 2. The second kappa shape index (κ2) is 6.28. The van der Waals surface area contributed by atoms with Crippen molar-refractivity contribution in [3.05, 3.63) is 18.3 Å². The Morgan fingerprint density at radius 2 is 2.32 bits per heavy atom. The highest BCUT2D eigenvalue weighted by Crippen LogP contribution is 2.38. The van der Waals surface area contributed by atoms with Crippen LogP contribution in [0, 0.1) is 5.92 Å². The van der Waals surface area contributed by atoms with E-state index in [1.165, 1.54) is 18.2 Å². The number of nitrogens with zero attached hydrogens (tertiary/aromatic N) is 3. The molecule has 22 heavy (non-hydrogen) atoms. The Balaban J connectivity index is 1.70. The fourth-order valence-electron chi connectivity index (χ4n) is 3.08. The molecule has 3 heterocycles. The van der Waals surface area contributed by atoms with Crippen LogP contribution in [0.1, 0.15) is 26.2 Å². The zero-order valence-electron chi connectivity index (χ0n) is 13.0. The fourth-order valence-corrected chi connectivity index (χ4v) is 4.28. The van der Waals surface area contributed by atoms with E-state index in [4.69, 9.17) is 0 Å². The number of thioether (sulfide) groups is 1. The summed E-state index contributed by atoms with van der Waals surface area (Å²) in [6.45, 7) is 3.81. The van der Waals surface area contributed by atoms with Crippen LogP contribution in [-0.2, 0) is 9.59 Å². The van der Waals surface area contributed by atoms with Gasteiger partial charge in [-0.05, 0) is 30.9 Å². The molecule has 0 aromatic carbocycles. The number of piperidine rings is 1. The highest BCUT2D eigenvalue weighted by atomic mass is 32.2. The van der Waals surface area contributed by atoms with Gasteiger partial charge in [0.05, 0.1) is 10.9 Å². The lowest BCUT2D eigenvalue weighted by molar-refractivity contribution is -0.134. The second-order valence-electron chi connectivity index (χ2n) is 6.12. The molecular weight excluding hydrogens is 298 g/mol. The van der Waals surface area contributed by atoms with Crippen LogP contribution in [0.15, 0.2) is 23.4 Å². The van der Waals surface area contributed by atoms with Crippen molar-refractivity contribution in [3.63, 3.8) is 0 Å². The Labute approximate surface area is 135 Å². The largest absolute Gasteiger partial charge is 0.342 e. The van der Waals surface area contributed by atoms with Crippen molar-refractivity contribution in [2.75, 3.05) is 25.0 Å². The van der Waals surface area contributed by atoms with Crippen LogP contribution in [0.5, 0.6) is 0 Å². The summed E-state index contributed by atoms with van der Waals surface area (Å²) >= 11 is 1.41. The maximum absolute atomic E-state index is 12.5. The van der Waals surface area contributed by atoms with E-state index in [1.54, 1.807) is 18.1 Å². The number of fused-ring (bicyclic) bond motifs is 1. The average molecular weight is 319 g/mol. The molecule has 0 bridgehead atoms. The number of aromatic nitrogens is 1. The summed E-state index contributed by atoms with van der Waals surface area (Å²) < 4.78 is 0. The van der Waals surface area contributed by atoms with Crippen molar-refractivity contribution in [2.24, 2.45) is 5.92 Å². The van der Waals surface area contributed by atoms with Gasteiger partial charge in [0.1, 0.15) is 5.03 Å². The van der Waals surface area contributed by atoms with E-state index in [9.17, 15) is 9.59 Å². The third-order valence-electron chi connectivity index (χ3n) is 4.34. The number of amides is 2. The molecule has 5 nitrogen and oxygen atoms in total. The monoisotopic (exact) mass is 319 g/mol. The van der Waals surface area contributed by atoms with Crippen LogP contribution in [0.3, 0.4) is 0 Å². The predicted molar refractivity (Wildman–Crippen MR) is 86.9 cm³/mol. The first-order chi connectivity index (χ1) is 10.6. The summed E-state index contributed by atoms with van der Waals surface area (Å²) in [5, 5.41) is 0.464. The molecular formula is C16H21N3O2S. The molecule has 2 aliphatic rings. The maximum Gasteiger partial charge on any atom is 0.240 e. The van der Waals surface area contributed by atoms with Crippen LogP contribution < -0.4 is 4.90 Å². The van der Waals surface area contributed by atoms with Gasteiger partial charge in [0.2, 0.25) is 11.8 Å². The quantitative estimate of drug-likeness (QED) is 0.838. The van der Waals surface area contributed by atoms with E-state index in [1.807, 2.05) is 17.0 Å². The zero-order chi connectivity index (χ0) is 15.7. The van der Waals surface area contributed by atoms with Crippen LogP contribution in [-0.4, -0.2) is 47.1 Å². The number of hydrogen-bond donors (Lipinski definition) is 0. The molecule has 118 valence electrons. The van der Waals surface area contributed by atoms with Gasteiger partial charge in [-0.1, -0.05) is 18.7 Å². The maximum atomic E-state index is 12.5. The molecule has 0 N–H and O–H groups in total. The van der Waals surface area contributed by atoms with Gasteiger partial charge in [0, 0.05) is 32.8 Å². The minimum absolute atomic E-state index is 0.0103. The number of rotatable bonds is 2. The van der Waals surface area contributed by atoms with Crippen LogP contribution in [0.2, 0.25) is 0 Å². The first kappa shape index (κ1) is 15.3. The molecule has 3 rings (SSSR count). The van der Waals surface area contributed by atoms with Crippen molar-refractivity contribution in [1.82, 2.24) is 9.88 Å². The van der Waals surface area contributed by atoms with Crippen molar-refractivity contribution in [2.45, 2.75) is 36.5 Å². The van der Waals surface area contributed by atoms with E-state index in [0.29, 0.717) is 5.92 Å². The minimum Gasteiger partial charge on any atom is -0.342 e. The number of pyridine rings is 1. The van der Waals surface area contributed by atoms with Crippen molar-refractivity contribution < 1.29 is 9.59 Å². The van der Waals surface area contributed by atoms with Gasteiger partial charge in [-0.2, -0.15) is 0 Å². The summed E-state index contributed by atoms with van der Waals surface area (Å²) in [5.41, 5.74) is 0.827. The van der Waals surface area contributed by atoms with Gasteiger partial charge in [-0.3, -0.25) is 9.59 Å². The molecule has 1 fully saturated rings. The summed E-state index contributed by atoms with van der Waals surface area (Å²) in [4.78, 5) is 32.8. The van der Waals surface area contributed by atoms with E-state index >= 15 is 0 Å². The number of anilines is 1. The molecule has 1 aromatic rings. The highest BCUT2D eigenvalue weighted by Gasteiger charge is 2.35. The molecule has 0 spiro atoms. The summed E-state index contributed by atoms with van der Waals surface area (Å²) in [5.74, 6) is 0.631. The highest BCUT2D eigenvalue weighted by molar-refractivity contribution is 8.00. The Morgan fingerprint density at radius 3 is 3.09 bits per heavy atom. The summed E-state index contributed by atoms with van der Waals surface area (Å²) in [6, 6.07) is 3.71. The van der Waals surface area contributed by atoms with Crippen LogP contribution in [0.25, 0.3) is 0 Å². The van der Waals surface area contributed by atoms with Gasteiger partial charge in [-0.15, -0.1) is 0 Å². The lowest BCUT2D eigenvalue weighted by Crippen LogP contribution is -2.44. The number of hydrogen-bond acceptors (Lipinski definition) is 4. The fraction of sp³-hybridized carbons (Fsp3) is 0.562. The van der Waals surface area contributed by atoms with Gasteiger partial charge in [0.15, 0.2) is 0 Å². The normalized spacial score (nSPS) is 25.1. The Bertz CT molecular complexity index is 593. The third kappa shape index (κ3) is 2.97. The first-order valence-electron chi connectivity index (χ1n) is 7.73. The van der Waals surface area contributed by atoms with E-state index < -0.39 is 0 Å². The van der Waals surface area contributed by atoms with E-state index in [0.717, 1.165) is 30.2 Å². The predicted octanol–water partition coefficient (Wildman–Crippen LogP) is 2.17. The molecule has 1 aromatic heterocycles. The lowest BCUT2D eigenvalue weighted by Gasteiger charge is -2.34. The second-order valence-corrected chi connectivity index (χ2v) is 7.31. The molecule has 0 saturated carbocycles. The minimum atomic E-state index is -0.364. The van der Waals surface area contributed by atoms with Crippen molar-refractivity contribution in [3.8, 4) is 0 Å². The topological polar surface area (TPSA) is 53.5 Å². The van der Waals surface area contributed by atoms with Gasteiger partial charge >= 0.3 is 0 Å². The summed E-state index contributed by atoms with van der Waals surface area (Å²) in [7, 11) is 1.75. The average Bonchev–Trinajstić information content (AvgIpc) is 2.52. The Hall–Kier alpha value is -1.56. The van der Waals surface area contributed by atoms with Gasteiger partial charge in [-0.25, -0.2) is 4.98 Å². The first-order valence-corrected chi connectivity index (χ1v) is 8.61. The smallest absolute Gasteiger partial charge is 0.240 e. The molecule has 6 heteroatoms. The molecule has 0 aliphatic carbocycles. The van der Waals surface area contributed by atoms with Crippen molar-refractivity contribution >= 4 is 29.3 Å². The van der Waals surface area contributed by atoms with E-state index in [2.05, 4.69) is 11.9 Å². The van der Waals surface area contributed by atoms with Crippen LogP contribution in [0.4, 0.5) is 5.69 Å². The molecule has 1 saturated heterocycles. The zero-order valence-corrected chi connectivity index (χ0v) is 13.8. The standard InChI is InChI=1S/C16H21N3O2S/c1-11-5-4-8-19(10-11)14(20)9-13-16(21)18(2)12-6-3-7-17-15(12)22-13/h3,6-7,11,13H,4-5,8-10H2,1-2H3/t11-,13-/m1/s1. The number of carbonyl (C=O) groups excluding carboxylic acids is 2. The molecule has 0 radical (unpaired) electrons. The molecule has 2 amide bonds. The molecule has 0 unspecified atom stereocenters. The molecule has 2 atom stereocenters. The third-order valence-corrected chi connectivity index (χ3v) is 5.53. The van der Waals surface area contributed by atoms with E-state index in [-0.39, 0.29) is 23.5 Å². The van der Waals surface area contributed by atoms with Crippen molar-refractivity contribution in [1.29, 1.82) is 0 Å². The summed E-state index contributed by atoms with van der Waals surface area (Å²) in [6.07, 6.45) is 4.22. The Kier molecular flexibility index (Phi) is 4.38. The van der Waals surface area contributed by atoms with Gasteiger partial charge < -0.3 is 9.80 Å². The SMILES string of the molecule is C[C@@H]1CCCN(C(=O)C[C@H]2Sc3ncccc3N(C)C2=O)C1. The van der Waals surface area contributed by atoms with Crippen LogP contribution >= 0.6 is 11.8 Å².